The van der Waals surface area contributed by atoms with Crippen molar-refractivity contribution in [3.8, 4) is 5.75 Å². The van der Waals surface area contributed by atoms with Crippen LogP contribution in [0.1, 0.15) is 6.42 Å². The van der Waals surface area contributed by atoms with Crippen molar-refractivity contribution >= 4 is 33.2 Å². The van der Waals surface area contributed by atoms with Crippen LogP contribution < -0.4 is 10.5 Å². The lowest BCUT2D eigenvalue weighted by molar-refractivity contribution is 0.414. The minimum atomic E-state index is -3.67. The lowest BCUT2D eigenvalue weighted by atomic mass is 10.3. The molecule has 0 bridgehead atoms. The zero-order chi connectivity index (χ0) is 14.2. The van der Waals surface area contributed by atoms with Crippen LogP contribution in [0.4, 0.5) is 0 Å². The molecule has 1 aliphatic rings. The maximum atomic E-state index is 12.4. The first-order valence-electron chi connectivity index (χ1n) is 5.65. The zero-order valence-electron chi connectivity index (χ0n) is 10.3. The summed E-state index contributed by atoms with van der Waals surface area (Å²) < 4.78 is 31.2. The van der Waals surface area contributed by atoms with Crippen LogP contribution in [0.5, 0.6) is 5.75 Å². The first-order valence-corrected chi connectivity index (χ1v) is 7.84. The Kier molecular flexibility index (Phi) is 4.27. The molecule has 0 unspecified atom stereocenters. The van der Waals surface area contributed by atoms with Crippen LogP contribution >= 0.6 is 23.2 Å². The molecule has 0 amide bonds. The number of nitrogens with zero attached hydrogens (tertiary/aromatic N) is 1. The molecule has 1 aromatic rings. The molecule has 106 valence electrons. The van der Waals surface area contributed by atoms with Gasteiger partial charge in [0.05, 0.1) is 17.2 Å². The average Bonchev–Trinajstić information content (AvgIpc) is 2.79. The maximum Gasteiger partial charge on any atom is 0.244 e. The predicted molar refractivity (Wildman–Crippen MR) is 74.4 cm³/mol. The van der Waals surface area contributed by atoms with Gasteiger partial charge in [-0.25, -0.2) is 8.42 Å². The van der Waals surface area contributed by atoms with Crippen molar-refractivity contribution in [2.45, 2.75) is 17.4 Å². The molecule has 0 saturated carbocycles. The molecule has 1 atom stereocenters. The second-order valence-electron chi connectivity index (χ2n) is 4.33. The van der Waals surface area contributed by atoms with Crippen molar-refractivity contribution in [2.75, 3.05) is 20.2 Å². The molecule has 0 spiro atoms. The topological polar surface area (TPSA) is 72.6 Å². The van der Waals surface area contributed by atoms with Crippen molar-refractivity contribution in [1.29, 1.82) is 0 Å². The Hall–Kier alpha value is -0.530. The van der Waals surface area contributed by atoms with Gasteiger partial charge in [0.15, 0.2) is 0 Å². The summed E-state index contributed by atoms with van der Waals surface area (Å²) in [6.07, 6.45) is 0.640. The molecular weight excluding hydrogens is 311 g/mol. The second-order valence-corrected chi connectivity index (χ2v) is 7.05. The second kappa shape index (κ2) is 5.46. The van der Waals surface area contributed by atoms with Gasteiger partial charge in [0.1, 0.15) is 10.6 Å². The maximum absolute atomic E-state index is 12.4. The molecule has 2 rings (SSSR count). The van der Waals surface area contributed by atoms with Gasteiger partial charge < -0.3 is 10.5 Å². The quantitative estimate of drug-likeness (QED) is 0.918. The Morgan fingerprint density at radius 1 is 1.37 bits per heavy atom. The summed E-state index contributed by atoms with van der Waals surface area (Å²) in [5.74, 6) is 0.337. The fourth-order valence-electron chi connectivity index (χ4n) is 1.98. The van der Waals surface area contributed by atoms with E-state index in [9.17, 15) is 8.42 Å². The van der Waals surface area contributed by atoms with Crippen LogP contribution in [0.2, 0.25) is 10.0 Å². The minimum Gasteiger partial charge on any atom is -0.495 e. The van der Waals surface area contributed by atoms with Gasteiger partial charge >= 0.3 is 0 Å². The van der Waals surface area contributed by atoms with E-state index >= 15 is 0 Å². The summed E-state index contributed by atoms with van der Waals surface area (Å²) >= 11 is 12.0. The van der Waals surface area contributed by atoms with Gasteiger partial charge in [-0.2, -0.15) is 4.31 Å². The van der Waals surface area contributed by atoms with Crippen molar-refractivity contribution in [2.24, 2.45) is 5.73 Å². The molecule has 2 N–H and O–H groups in total. The van der Waals surface area contributed by atoms with Crippen molar-refractivity contribution in [1.82, 2.24) is 4.31 Å². The Bertz CT molecular complexity index is 592. The molecule has 1 heterocycles. The Labute approximate surface area is 122 Å². The highest BCUT2D eigenvalue weighted by Crippen LogP contribution is 2.35. The van der Waals surface area contributed by atoms with Crippen LogP contribution in [-0.4, -0.2) is 39.0 Å². The van der Waals surface area contributed by atoms with E-state index in [0.29, 0.717) is 25.3 Å². The first-order chi connectivity index (χ1) is 8.86. The van der Waals surface area contributed by atoms with E-state index in [1.165, 1.54) is 23.5 Å². The summed E-state index contributed by atoms with van der Waals surface area (Å²) in [6.45, 7) is 0.686. The standard InChI is InChI=1S/C11H14Cl2N2O3S/c1-18-10-4-9(13)11(5-8(10)12)19(16,17)15-3-2-7(14)6-15/h4-5,7H,2-3,6,14H2,1H3/t7-/m1/s1. The largest absolute Gasteiger partial charge is 0.495 e. The van der Waals surface area contributed by atoms with Gasteiger partial charge in [-0.1, -0.05) is 23.2 Å². The molecule has 5 nitrogen and oxygen atoms in total. The Morgan fingerprint density at radius 2 is 2.05 bits per heavy atom. The van der Waals surface area contributed by atoms with Crippen molar-refractivity contribution in [3.05, 3.63) is 22.2 Å². The van der Waals surface area contributed by atoms with Crippen LogP contribution in [0, 0.1) is 0 Å². The van der Waals surface area contributed by atoms with E-state index in [2.05, 4.69) is 0 Å². The van der Waals surface area contributed by atoms with Crippen LogP contribution in [0.25, 0.3) is 0 Å². The molecule has 0 aromatic heterocycles. The third-order valence-electron chi connectivity index (χ3n) is 3.01. The van der Waals surface area contributed by atoms with E-state index < -0.39 is 10.0 Å². The lowest BCUT2D eigenvalue weighted by Crippen LogP contribution is -2.32. The highest BCUT2D eigenvalue weighted by atomic mass is 35.5. The number of hydrogen-bond acceptors (Lipinski definition) is 4. The molecule has 0 aliphatic carbocycles. The molecule has 8 heteroatoms. The van der Waals surface area contributed by atoms with Gasteiger partial charge in [-0.05, 0) is 12.5 Å². The van der Waals surface area contributed by atoms with Gasteiger partial charge in [0.25, 0.3) is 0 Å². The normalized spacial score (nSPS) is 20.7. The Balaban J connectivity index is 2.44. The zero-order valence-corrected chi connectivity index (χ0v) is 12.6. The average molecular weight is 325 g/mol. The summed E-state index contributed by atoms with van der Waals surface area (Å²) in [4.78, 5) is -0.0194. The molecule has 1 aromatic carbocycles. The number of nitrogens with two attached hydrogens (primary N) is 1. The fraction of sp³-hybridized carbons (Fsp3) is 0.455. The number of halogens is 2. The summed E-state index contributed by atoms with van der Waals surface area (Å²) in [6, 6.07) is 2.57. The van der Waals surface area contributed by atoms with Gasteiger partial charge in [-0.3, -0.25) is 0 Å². The molecular formula is C11H14Cl2N2O3S. The van der Waals surface area contributed by atoms with E-state index in [1.807, 2.05) is 0 Å². The number of methoxy groups -OCH3 is 1. The number of rotatable bonds is 3. The fourth-order valence-corrected chi connectivity index (χ4v) is 4.31. The summed E-state index contributed by atoms with van der Waals surface area (Å²) in [5.41, 5.74) is 5.73. The number of ether oxygens (including phenoxy) is 1. The van der Waals surface area contributed by atoms with Crippen LogP contribution in [0.15, 0.2) is 17.0 Å². The minimum absolute atomic E-state index is 0.0194. The molecule has 1 saturated heterocycles. The van der Waals surface area contributed by atoms with Gasteiger partial charge in [0, 0.05) is 25.2 Å². The highest BCUT2D eigenvalue weighted by molar-refractivity contribution is 7.89. The first kappa shape index (κ1) is 14.9. The molecule has 0 radical (unpaired) electrons. The van der Waals surface area contributed by atoms with Gasteiger partial charge in [0.2, 0.25) is 10.0 Å². The van der Waals surface area contributed by atoms with E-state index in [0.717, 1.165) is 0 Å². The van der Waals surface area contributed by atoms with Gasteiger partial charge in [-0.15, -0.1) is 0 Å². The number of benzene rings is 1. The molecule has 19 heavy (non-hydrogen) atoms. The van der Waals surface area contributed by atoms with E-state index in [1.54, 1.807) is 0 Å². The third-order valence-corrected chi connectivity index (χ3v) is 5.64. The van der Waals surface area contributed by atoms with Crippen molar-refractivity contribution in [3.63, 3.8) is 0 Å². The number of sulfonamides is 1. The van der Waals surface area contributed by atoms with E-state index in [4.69, 9.17) is 33.7 Å². The predicted octanol–water partition coefficient (Wildman–Crippen LogP) is 1.72. The monoisotopic (exact) mass is 324 g/mol. The Morgan fingerprint density at radius 3 is 2.58 bits per heavy atom. The smallest absolute Gasteiger partial charge is 0.244 e. The molecule has 1 aliphatic heterocycles. The summed E-state index contributed by atoms with van der Waals surface area (Å²) in [5, 5.41) is 0.288. The van der Waals surface area contributed by atoms with Crippen LogP contribution in [-0.2, 0) is 10.0 Å². The summed E-state index contributed by atoms with van der Waals surface area (Å²) in [7, 11) is -2.23. The lowest BCUT2D eigenvalue weighted by Gasteiger charge is -2.17. The number of hydrogen-bond donors (Lipinski definition) is 1. The highest BCUT2D eigenvalue weighted by Gasteiger charge is 2.32. The van der Waals surface area contributed by atoms with Crippen molar-refractivity contribution < 1.29 is 13.2 Å². The third kappa shape index (κ3) is 2.83. The SMILES string of the molecule is COc1cc(Cl)c(S(=O)(=O)N2CC[C@@H](N)C2)cc1Cl. The van der Waals surface area contributed by atoms with Crippen LogP contribution in [0.3, 0.4) is 0 Å². The molecule has 1 fully saturated rings. The van der Waals surface area contributed by atoms with E-state index in [-0.39, 0.29) is 21.0 Å².